The number of benzene rings is 1. The number of aromatic nitrogens is 2. The van der Waals surface area contributed by atoms with Crippen LogP contribution < -0.4 is 10.6 Å². The Labute approximate surface area is 177 Å². The molecule has 8 heteroatoms. The van der Waals surface area contributed by atoms with Crippen LogP contribution in [0.15, 0.2) is 33.8 Å². The largest absolute Gasteiger partial charge is 0.354 e. The predicted molar refractivity (Wildman–Crippen MR) is 117 cm³/mol. The SMILES string of the molecule is CN=C(NCc1nc(-c2ccc(Cl)cc2)no1)NC(C)CCC(C)C.I. The van der Waals surface area contributed by atoms with Crippen molar-refractivity contribution in [2.45, 2.75) is 46.2 Å². The van der Waals surface area contributed by atoms with Gasteiger partial charge in [-0.25, -0.2) is 0 Å². The highest BCUT2D eigenvalue weighted by Gasteiger charge is 2.10. The molecule has 0 amide bonds. The van der Waals surface area contributed by atoms with E-state index >= 15 is 0 Å². The summed E-state index contributed by atoms with van der Waals surface area (Å²) in [6.45, 7) is 7.03. The lowest BCUT2D eigenvalue weighted by Gasteiger charge is -2.18. The number of halogens is 2. The summed E-state index contributed by atoms with van der Waals surface area (Å²) in [6.07, 6.45) is 2.28. The van der Waals surface area contributed by atoms with Crippen LogP contribution in [0.5, 0.6) is 0 Å². The number of guanidine groups is 1. The number of hydrogen-bond donors (Lipinski definition) is 2. The molecule has 1 aromatic heterocycles. The Morgan fingerprint density at radius 2 is 1.88 bits per heavy atom. The van der Waals surface area contributed by atoms with Crippen LogP contribution in [0.2, 0.25) is 5.02 Å². The minimum Gasteiger partial charge on any atom is -0.354 e. The molecule has 1 atom stereocenters. The van der Waals surface area contributed by atoms with Gasteiger partial charge in [0.05, 0.1) is 6.54 Å². The molecule has 0 fully saturated rings. The van der Waals surface area contributed by atoms with E-state index < -0.39 is 0 Å². The molecule has 0 saturated carbocycles. The minimum absolute atomic E-state index is 0. The molecule has 2 rings (SSSR count). The van der Waals surface area contributed by atoms with Gasteiger partial charge in [0.2, 0.25) is 11.7 Å². The number of aliphatic imine (C=N–C) groups is 1. The molecule has 0 saturated heterocycles. The summed E-state index contributed by atoms with van der Waals surface area (Å²) in [4.78, 5) is 8.62. The van der Waals surface area contributed by atoms with Crippen molar-refractivity contribution in [1.29, 1.82) is 0 Å². The van der Waals surface area contributed by atoms with Crippen LogP contribution in [-0.4, -0.2) is 29.2 Å². The molecule has 144 valence electrons. The molecule has 1 heterocycles. The first-order chi connectivity index (χ1) is 12.0. The number of hydrogen-bond acceptors (Lipinski definition) is 4. The molecule has 26 heavy (non-hydrogen) atoms. The van der Waals surface area contributed by atoms with E-state index in [1.165, 1.54) is 6.42 Å². The van der Waals surface area contributed by atoms with E-state index in [1.807, 2.05) is 12.1 Å². The maximum atomic E-state index is 5.89. The Bertz CT molecular complexity index is 687. The van der Waals surface area contributed by atoms with E-state index in [9.17, 15) is 0 Å². The van der Waals surface area contributed by atoms with Crippen molar-refractivity contribution in [2.24, 2.45) is 10.9 Å². The molecule has 0 radical (unpaired) electrons. The highest BCUT2D eigenvalue weighted by Crippen LogP contribution is 2.18. The topological polar surface area (TPSA) is 75.3 Å². The Balaban J connectivity index is 0.00000338. The Morgan fingerprint density at radius 3 is 2.50 bits per heavy atom. The molecule has 0 spiro atoms. The van der Waals surface area contributed by atoms with Gasteiger partial charge >= 0.3 is 0 Å². The molecule has 0 aliphatic carbocycles. The molecule has 0 aliphatic rings. The molecule has 1 unspecified atom stereocenters. The summed E-state index contributed by atoms with van der Waals surface area (Å²) in [5.74, 6) is 2.47. The number of nitrogens with one attached hydrogen (secondary N) is 2. The lowest BCUT2D eigenvalue weighted by molar-refractivity contribution is 0.375. The Kier molecular flexibility index (Phi) is 9.93. The van der Waals surface area contributed by atoms with Gasteiger partial charge in [0.25, 0.3) is 0 Å². The van der Waals surface area contributed by atoms with Crippen molar-refractivity contribution in [3.8, 4) is 11.4 Å². The highest BCUT2D eigenvalue weighted by molar-refractivity contribution is 14.0. The van der Waals surface area contributed by atoms with Gasteiger partial charge in [-0.05, 0) is 49.9 Å². The van der Waals surface area contributed by atoms with Gasteiger partial charge in [-0.3, -0.25) is 4.99 Å². The average Bonchev–Trinajstić information content (AvgIpc) is 3.06. The highest BCUT2D eigenvalue weighted by atomic mass is 127. The van der Waals surface area contributed by atoms with Crippen LogP contribution in [0.3, 0.4) is 0 Å². The second-order valence-corrected chi connectivity index (χ2v) is 6.90. The van der Waals surface area contributed by atoms with Crippen LogP contribution in [0.4, 0.5) is 0 Å². The molecular formula is C18H27ClIN5O. The molecular weight excluding hydrogens is 465 g/mol. The standard InChI is InChI=1S/C18H26ClN5O.HI/c1-12(2)5-6-13(3)22-18(20-4)21-11-16-23-17(24-25-16)14-7-9-15(19)10-8-14;/h7-10,12-13H,5-6,11H2,1-4H3,(H2,20,21,22);1H. The monoisotopic (exact) mass is 491 g/mol. The zero-order valence-electron chi connectivity index (χ0n) is 15.6. The summed E-state index contributed by atoms with van der Waals surface area (Å²) < 4.78 is 5.29. The zero-order valence-corrected chi connectivity index (χ0v) is 18.7. The van der Waals surface area contributed by atoms with E-state index in [0.29, 0.717) is 35.2 Å². The third-order valence-corrected chi connectivity index (χ3v) is 4.01. The van der Waals surface area contributed by atoms with Crippen LogP contribution in [0.1, 0.15) is 39.5 Å². The van der Waals surface area contributed by atoms with Crippen LogP contribution in [0, 0.1) is 5.92 Å². The third kappa shape index (κ3) is 7.49. The summed E-state index contributed by atoms with van der Waals surface area (Å²) in [7, 11) is 1.75. The van der Waals surface area contributed by atoms with E-state index in [4.69, 9.17) is 16.1 Å². The Morgan fingerprint density at radius 1 is 1.19 bits per heavy atom. The maximum absolute atomic E-state index is 5.89. The quantitative estimate of drug-likeness (QED) is 0.339. The Hall–Kier alpha value is -1.35. The third-order valence-electron chi connectivity index (χ3n) is 3.76. The van der Waals surface area contributed by atoms with Gasteiger partial charge in [0.1, 0.15) is 0 Å². The molecule has 2 aromatic rings. The zero-order chi connectivity index (χ0) is 18.2. The van der Waals surface area contributed by atoms with Crippen LogP contribution >= 0.6 is 35.6 Å². The van der Waals surface area contributed by atoms with Gasteiger partial charge in [-0.2, -0.15) is 4.98 Å². The first-order valence-electron chi connectivity index (χ1n) is 8.53. The fourth-order valence-electron chi connectivity index (χ4n) is 2.29. The first-order valence-corrected chi connectivity index (χ1v) is 8.91. The van der Waals surface area contributed by atoms with E-state index in [0.717, 1.165) is 17.9 Å². The minimum atomic E-state index is 0. The van der Waals surface area contributed by atoms with Gasteiger partial charge in [0.15, 0.2) is 5.96 Å². The smallest absolute Gasteiger partial charge is 0.246 e. The van der Waals surface area contributed by atoms with Gasteiger partial charge in [0, 0.05) is 23.7 Å². The van der Waals surface area contributed by atoms with E-state index in [2.05, 4.69) is 46.5 Å². The van der Waals surface area contributed by atoms with E-state index in [-0.39, 0.29) is 24.0 Å². The molecule has 6 nitrogen and oxygen atoms in total. The molecule has 1 aromatic carbocycles. The van der Waals surface area contributed by atoms with Crippen molar-refractivity contribution in [1.82, 2.24) is 20.8 Å². The van der Waals surface area contributed by atoms with Crippen molar-refractivity contribution in [3.05, 3.63) is 35.2 Å². The van der Waals surface area contributed by atoms with Crippen molar-refractivity contribution in [3.63, 3.8) is 0 Å². The van der Waals surface area contributed by atoms with Gasteiger partial charge < -0.3 is 15.2 Å². The lowest BCUT2D eigenvalue weighted by atomic mass is 10.0. The van der Waals surface area contributed by atoms with Crippen molar-refractivity contribution in [2.75, 3.05) is 7.05 Å². The van der Waals surface area contributed by atoms with Crippen molar-refractivity contribution >= 4 is 41.5 Å². The lowest BCUT2D eigenvalue weighted by Crippen LogP contribution is -2.42. The fraction of sp³-hybridized carbons (Fsp3) is 0.500. The number of rotatable bonds is 7. The first kappa shape index (κ1) is 22.7. The summed E-state index contributed by atoms with van der Waals surface area (Å²) >= 11 is 5.89. The van der Waals surface area contributed by atoms with Crippen molar-refractivity contribution < 1.29 is 4.52 Å². The molecule has 0 aliphatic heterocycles. The van der Waals surface area contributed by atoms with Gasteiger partial charge in [-0.1, -0.05) is 30.6 Å². The van der Waals surface area contributed by atoms with E-state index in [1.54, 1.807) is 19.2 Å². The summed E-state index contributed by atoms with van der Waals surface area (Å²) in [5, 5.41) is 11.2. The van der Waals surface area contributed by atoms with Gasteiger partial charge in [-0.15, -0.1) is 24.0 Å². The molecule has 0 bridgehead atoms. The summed E-state index contributed by atoms with van der Waals surface area (Å²) in [5.41, 5.74) is 0.865. The fourth-order valence-corrected chi connectivity index (χ4v) is 2.41. The predicted octanol–water partition coefficient (Wildman–Crippen LogP) is 4.50. The second-order valence-electron chi connectivity index (χ2n) is 6.46. The second kappa shape index (κ2) is 11.4. The van der Waals surface area contributed by atoms with Crippen LogP contribution in [0.25, 0.3) is 11.4 Å². The normalized spacial score (nSPS) is 12.6. The summed E-state index contributed by atoms with van der Waals surface area (Å²) in [6, 6.07) is 7.67. The molecule has 2 N–H and O–H groups in total. The van der Waals surface area contributed by atoms with Crippen LogP contribution in [-0.2, 0) is 6.54 Å². The maximum Gasteiger partial charge on any atom is 0.246 e. The average molecular weight is 492 g/mol. The number of nitrogens with zero attached hydrogens (tertiary/aromatic N) is 3.